The third-order valence-corrected chi connectivity index (χ3v) is 7.74. The molecule has 0 spiro atoms. The molecule has 2 aliphatic heterocycles. The van der Waals surface area contributed by atoms with Crippen LogP contribution in [0.4, 0.5) is 4.39 Å². The summed E-state index contributed by atoms with van der Waals surface area (Å²) in [4.78, 5) is 25.2. The maximum atomic E-state index is 13.2. The van der Waals surface area contributed by atoms with Gasteiger partial charge in [-0.1, -0.05) is 6.07 Å². The maximum absolute atomic E-state index is 13.2. The average molecular weight is 492 g/mol. The summed E-state index contributed by atoms with van der Waals surface area (Å²) in [6.07, 6.45) is 1.01. The summed E-state index contributed by atoms with van der Waals surface area (Å²) in [5.74, 6) is -0.597. The molecule has 182 valence electrons. The van der Waals surface area contributed by atoms with Crippen molar-refractivity contribution in [3.8, 4) is 11.5 Å². The lowest BCUT2D eigenvalue weighted by Crippen LogP contribution is -2.50. The van der Waals surface area contributed by atoms with E-state index in [1.165, 1.54) is 16.4 Å². The number of nitrogens with one attached hydrogen (secondary N) is 2. The number of amides is 2. The van der Waals surface area contributed by atoms with Crippen LogP contribution in [0.2, 0.25) is 0 Å². The van der Waals surface area contributed by atoms with Crippen LogP contribution in [-0.4, -0.2) is 50.5 Å². The molecule has 1 fully saturated rings. The Bertz CT molecular complexity index is 1170. The quantitative estimate of drug-likeness (QED) is 0.610. The fraction of sp³-hybridized carbons (Fsp3) is 0.391. The van der Waals surface area contributed by atoms with E-state index in [0.29, 0.717) is 24.3 Å². The lowest BCUT2D eigenvalue weighted by atomic mass is 9.98. The topological polar surface area (TPSA) is 114 Å². The first-order valence-electron chi connectivity index (χ1n) is 11.0. The van der Waals surface area contributed by atoms with Gasteiger partial charge in [-0.2, -0.15) is 4.31 Å². The predicted molar refractivity (Wildman–Crippen MR) is 120 cm³/mol. The molecule has 11 heteroatoms. The molecule has 0 saturated carbocycles. The number of rotatable bonds is 7. The molecule has 1 unspecified atom stereocenters. The third-order valence-electron chi connectivity index (χ3n) is 5.86. The summed E-state index contributed by atoms with van der Waals surface area (Å²) < 4.78 is 50.8. The van der Waals surface area contributed by atoms with Gasteiger partial charge in [0.15, 0.2) is 11.5 Å². The van der Waals surface area contributed by atoms with Gasteiger partial charge in [0.05, 0.1) is 10.8 Å². The number of nitrogens with zero attached hydrogens (tertiary/aromatic N) is 1. The number of halogens is 1. The zero-order valence-electron chi connectivity index (χ0n) is 18.6. The zero-order chi connectivity index (χ0) is 24.3. The van der Waals surface area contributed by atoms with Gasteiger partial charge in [-0.3, -0.25) is 9.59 Å². The van der Waals surface area contributed by atoms with Crippen molar-refractivity contribution in [2.24, 2.45) is 5.92 Å². The van der Waals surface area contributed by atoms with Crippen molar-refractivity contribution in [2.75, 3.05) is 19.9 Å². The number of fused-ring (bicyclic) bond motifs is 1. The lowest BCUT2D eigenvalue weighted by molar-refractivity contribution is -0.131. The molecule has 2 heterocycles. The molecule has 0 bridgehead atoms. The number of benzene rings is 2. The maximum Gasteiger partial charge on any atom is 0.243 e. The van der Waals surface area contributed by atoms with Crippen molar-refractivity contribution in [3.63, 3.8) is 0 Å². The molecular formula is C23H26FN3O6S. The Morgan fingerprint density at radius 3 is 2.65 bits per heavy atom. The first kappa shape index (κ1) is 24.0. The minimum atomic E-state index is -3.85. The number of sulfonamides is 1. The van der Waals surface area contributed by atoms with Crippen LogP contribution in [0.1, 0.15) is 25.3 Å². The van der Waals surface area contributed by atoms with E-state index in [4.69, 9.17) is 9.47 Å². The normalized spacial score (nSPS) is 18.8. The molecule has 2 aromatic carbocycles. The first-order chi connectivity index (χ1) is 16.2. The first-order valence-corrected chi connectivity index (χ1v) is 12.4. The Labute approximate surface area is 197 Å². The minimum Gasteiger partial charge on any atom is -0.454 e. The highest BCUT2D eigenvalue weighted by Crippen LogP contribution is 2.32. The predicted octanol–water partition coefficient (Wildman–Crippen LogP) is 1.78. The van der Waals surface area contributed by atoms with Crippen molar-refractivity contribution in [1.82, 2.24) is 14.9 Å². The number of carbonyl (C=O) groups excluding carboxylic acids is 2. The van der Waals surface area contributed by atoms with E-state index in [0.717, 1.165) is 17.7 Å². The zero-order valence-corrected chi connectivity index (χ0v) is 19.4. The Hall–Kier alpha value is -3.18. The second-order valence-electron chi connectivity index (χ2n) is 8.29. The fourth-order valence-electron chi connectivity index (χ4n) is 3.92. The van der Waals surface area contributed by atoms with Gasteiger partial charge in [0.2, 0.25) is 28.6 Å². The highest BCUT2D eigenvalue weighted by Gasteiger charge is 2.34. The second-order valence-corrected chi connectivity index (χ2v) is 10.2. The van der Waals surface area contributed by atoms with Crippen molar-refractivity contribution in [2.45, 2.75) is 37.2 Å². The van der Waals surface area contributed by atoms with Crippen molar-refractivity contribution in [1.29, 1.82) is 0 Å². The Balaban J connectivity index is 1.30. The highest BCUT2D eigenvalue weighted by atomic mass is 32.2. The summed E-state index contributed by atoms with van der Waals surface area (Å²) in [5, 5.41) is 5.45. The number of hydrogen-bond acceptors (Lipinski definition) is 6. The van der Waals surface area contributed by atoms with E-state index < -0.39 is 27.8 Å². The Morgan fingerprint density at radius 1 is 1.15 bits per heavy atom. The average Bonchev–Trinajstić information content (AvgIpc) is 3.30. The molecule has 0 radical (unpaired) electrons. The molecule has 0 aromatic heterocycles. The molecule has 2 N–H and O–H groups in total. The molecule has 34 heavy (non-hydrogen) atoms. The van der Waals surface area contributed by atoms with Gasteiger partial charge in [0.25, 0.3) is 0 Å². The van der Waals surface area contributed by atoms with Gasteiger partial charge in [-0.25, -0.2) is 12.8 Å². The SMILES string of the molecule is C[C@@H](NC(=O)C1CCCN(S(=O)(=O)c2ccc(F)cc2)C1)C(=O)NCc1ccc2c(c1)OCO2. The molecule has 4 rings (SSSR count). The van der Waals surface area contributed by atoms with Crippen LogP contribution in [0.3, 0.4) is 0 Å². The molecule has 2 amide bonds. The number of piperidine rings is 1. The summed E-state index contributed by atoms with van der Waals surface area (Å²) in [7, 11) is -3.85. The molecule has 2 atom stereocenters. The Morgan fingerprint density at radius 2 is 1.88 bits per heavy atom. The van der Waals surface area contributed by atoms with Crippen molar-refractivity contribution >= 4 is 21.8 Å². The van der Waals surface area contributed by atoms with Gasteiger partial charge < -0.3 is 20.1 Å². The molecule has 0 aliphatic carbocycles. The second kappa shape index (κ2) is 9.98. The van der Waals surface area contributed by atoms with Crippen LogP contribution in [0.15, 0.2) is 47.4 Å². The van der Waals surface area contributed by atoms with Crippen LogP contribution < -0.4 is 20.1 Å². The lowest BCUT2D eigenvalue weighted by Gasteiger charge is -2.31. The van der Waals surface area contributed by atoms with Gasteiger partial charge in [0.1, 0.15) is 11.9 Å². The highest BCUT2D eigenvalue weighted by molar-refractivity contribution is 7.89. The monoisotopic (exact) mass is 491 g/mol. The Kier molecular flexibility index (Phi) is 7.03. The van der Waals surface area contributed by atoms with Gasteiger partial charge in [-0.05, 0) is 61.7 Å². The summed E-state index contributed by atoms with van der Waals surface area (Å²) >= 11 is 0. The van der Waals surface area contributed by atoms with Crippen LogP contribution in [0, 0.1) is 11.7 Å². The standard InChI is InChI=1S/C23H26FN3O6S/c1-15(22(28)25-12-16-4-9-20-21(11-16)33-14-32-20)26-23(29)17-3-2-10-27(13-17)34(30,31)19-7-5-18(24)6-8-19/h4-9,11,15,17H,2-3,10,12-14H2,1H3,(H,25,28)(H,26,29)/t15-,17?/m1/s1. The smallest absolute Gasteiger partial charge is 0.243 e. The van der Waals surface area contributed by atoms with E-state index in [2.05, 4.69) is 10.6 Å². The van der Waals surface area contributed by atoms with Gasteiger partial charge in [-0.15, -0.1) is 0 Å². The van der Waals surface area contributed by atoms with Crippen LogP contribution in [-0.2, 0) is 26.2 Å². The molecule has 1 saturated heterocycles. The molecule has 9 nitrogen and oxygen atoms in total. The van der Waals surface area contributed by atoms with Crippen molar-refractivity contribution in [3.05, 3.63) is 53.8 Å². The van der Waals surface area contributed by atoms with Crippen molar-refractivity contribution < 1.29 is 31.9 Å². The van der Waals surface area contributed by atoms with E-state index >= 15 is 0 Å². The summed E-state index contributed by atoms with van der Waals surface area (Å²) in [5.41, 5.74) is 0.824. The van der Waals surface area contributed by atoms with Gasteiger partial charge in [0, 0.05) is 19.6 Å². The number of carbonyl (C=O) groups is 2. The van der Waals surface area contributed by atoms with Crippen LogP contribution >= 0.6 is 0 Å². The summed E-state index contributed by atoms with van der Waals surface area (Å²) in [6, 6.07) is 9.16. The van der Waals surface area contributed by atoms with E-state index in [1.807, 2.05) is 6.07 Å². The third kappa shape index (κ3) is 5.31. The fourth-order valence-corrected chi connectivity index (χ4v) is 5.44. The molecular weight excluding hydrogens is 465 g/mol. The number of hydrogen-bond donors (Lipinski definition) is 2. The largest absolute Gasteiger partial charge is 0.454 e. The van der Waals surface area contributed by atoms with E-state index in [9.17, 15) is 22.4 Å². The van der Waals surface area contributed by atoms with Crippen LogP contribution in [0.25, 0.3) is 0 Å². The van der Waals surface area contributed by atoms with E-state index in [-0.39, 0.29) is 43.1 Å². The van der Waals surface area contributed by atoms with Crippen LogP contribution in [0.5, 0.6) is 11.5 Å². The van der Waals surface area contributed by atoms with Gasteiger partial charge >= 0.3 is 0 Å². The number of ether oxygens (including phenoxy) is 2. The summed E-state index contributed by atoms with van der Waals surface area (Å²) in [6.45, 7) is 2.26. The molecule has 2 aliphatic rings. The minimum absolute atomic E-state index is 0.00290. The van der Waals surface area contributed by atoms with E-state index in [1.54, 1.807) is 19.1 Å². The molecule has 2 aromatic rings.